The Morgan fingerprint density at radius 1 is 1.00 bits per heavy atom. The molecule has 2 saturated heterocycles. The second-order valence-electron chi connectivity index (χ2n) is 5.00. The van der Waals surface area contributed by atoms with Crippen LogP contribution in [-0.2, 0) is 15.0 Å². The normalized spacial score (nSPS) is 28.1. The van der Waals surface area contributed by atoms with Crippen molar-refractivity contribution in [3.63, 3.8) is 0 Å². The van der Waals surface area contributed by atoms with Crippen LogP contribution in [0.15, 0.2) is 0 Å². The van der Waals surface area contributed by atoms with Crippen LogP contribution in [0.3, 0.4) is 0 Å². The molecule has 0 aromatic heterocycles. The standard InChI is InChI=1S/C11H20N2O4S/c14-11(15)10-5-8-13(9-10)18(16,17)12-6-3-1-2-4-7-12/h10H,1-9H2,(H,14,15)/t10-/m1/s1. The summed E-state index contributed by atoms with van der Waals surface area (Å²) in [5.74, 6) is -1.45. The molecule has 6 nitrogen and oxygen atoms in total. The summed E-state index contributed by atoms with van der Waals surface area (Å²) in [6.45, 7) is 1.58. The van der Waals surface area contributed by atoms with Crippen molar-refractivity contribution in [2.45, 2.75) is 32.1 Å². The molecular formula is C11H20N2O4S. The van der Waals surface area contributed by atoms with Crippen LogP contribution in [0.5, 0.6) is 0 Å². The van der Waals surface area contributed by atoms with E-state index in [1.54, 1.807) is 0 Å². The highest BCUT2D eigenvalue weighted by molar-refractivity contribution is 7.86. The predicted molar refractivity (Wildman–Crippen MR) is 66.3 cm³/mol. The Kier molecular flexibility index (Phi) is 4.24. The molecule has 2 aliphatic heterocycles. The van der Waals surface area contributed by atoms with Crippen molar-refractivity contribution in [2.75, 3.05) is 26.2 Å². The topological polar surface area (TPSA) is 77.9 Å². The van der Waals surface area contributed by atoms with E-state index in [2.05, 4.69) is 0 Å². The lowest BCUT2D eigenvalue weighted by molar-refractivity contribution is -0.141. The Balaban J connectivity index is 2.04. The van der Waals surface area contributed by atoms with Gasteiger partial charge in [-0.1, -0.05) is 12.8 Å². The number of rotatable bonds is 3. The second-order valence-corrected chi connectivity index (χ2v) is 6.93. The zero-order valence-electron chi connectivity index (χ0n) is 10.4. The molecule has 2 heterocycles. The maximum absolute atomic E-state index is 12.4. The Bertz CT molecular complexity index is 401. The van der Waals surface area contributed by atoms with Crippen LogP contribution in [0.25, 0.3) is 0 Å². The van der Waals surface area contributed by atoms with Crippen molar-refractivity contribution >= 4 is 16.2 Å². The molecule has 0 spiro atoms. The maximum atomic E-state index is 12.4. The van der Waals surface area contributed by atoms with Crippen molar-refractivity contribution in [2.24, 2.45) is 5.92 Å². The lowest BCUT2D eigenvalue weighted by Gasteiger charge is -2.25. The van der Waals surface area contributed by atoms with Gasteiger partial charge >= 0.3 is 5.97 Å². The van der Waals surface area contributed by atoms with E-state index in [1.165, 1.54) is 8.61 Å². The number of carbonyl (C=O) groups is 1. The SMILES string of the molecule is O=C(O)[C@@H]1CCN(S(=O)(=O)N2CCCCCC2)C1. The van der Waals surface area contributed by atoms with E-state index < -0.39 is 22.1 Å². The molecule has 0 aromatic rings. The van der Waals surface area contributed by atoms with Crippen molar-refractivity contribution in [3.05, 3.63) is 0 Å². The molecular weight excluding hydrogens is 256 g/mol. The summed E-state index contributed by atoms with van der Waals surface area (Å²) in [5, 5.41) is 8.92. The fourth-order valence-corrected chi connectivity index (χ4v) is 4.33. The molecule has 2 fully saturated rings. The van der Waals surface area contributed by atoms with Gasteiger partial charge in [0, 0.05) is 26.2 Å². The summed E-state index contributed by atoms with van der Waals surface area (Å²) < 4.78 is 27.6. The van der Waals surface area contributed by atoms with Crippen molar-refractivity contribution in [3.8, 4) is 0 Å². The van der Waals surface area contributed by atoms with Gasteiger partial charge < -0.3 is 5.11 Å². The third-order valence-electron chi connectivity index (χ3n) is 3.72. The highest BCUT2D eigenvalue weighted by atomic mass is 32.2. The molecule has 0 aliphatic carbocycles. The van der Waals surface area contributed by atoms with E-state index in [0.29, 0.717) is 26.1 Å². The minimum absolute atomic E-state index is 0.119. The number of carboxylic acids is 1. The van der Waals surface area contributed by atoms with Crippen LogP contribution in [0, 0.1) is 5.92 Å². The van der Waals surface area contributed by atoms with Crippen LogP contribution < -0.4 is 0 Å². The van der Waals surface area contributed by atoms with E-state index in [9.17, 15) is 13.2 Å². The third-order valence-corrected chi connectivity index (χ3v) is 5.72. The molecule has 0 unspecified atom stereocenters. The van der Waals surface area contributed by atoms with Gasteiger partial charge in [0.2, 0.25) is 0 Å². The molecule has 0 bridgehead atoms. The average molecular weight is 276 g/mol. The second kappa shape index (κ2) is 5.54. The monoisotopic (exact) mass is 276 g/mol. The van der Waals surface area contributed by atoms with Gasteiger partial charge in [0.1, 0.15) is 0 Å². The zero-order valence-corrected chi connectivity index (χ0v) is 11.2. The van der Waals surface area contributed by atoms with Gasteiger partial charge in [-0.25, -0.2) is 0 Å². The van der Waals surface area contributed by atoms with E-state index in [-0.39, 0.29) is 6.54 Å². The summed E-state index contributed by atoms with van der Waals surface area (Å²) in [6.07, 6.45) is 4.36. The first kappa shape index (κ1) is 13.8. The summed E-state index contributed by atoms with van der Waals surface area (Å²) in [5.41, 5.74) is 0. The molecule has 0 radical (unpaired) electrons. The molecule has 0 aromatic carbocycles. The van der Waals surface area contributed by atoms with Gasteiger partial charge in [0.15, 0.2) is 0 Å². The first-order chi connectivity index (χ1) is 8.51. The highest BCUT2D eigenvalue weighted by Crippen LogP contribution is 2.23. The number of nitrogens with zero attached hydrogens (tertiary/aromatic N) is 2. The first-order valence-corrected chi connectivity index (χ1v) is 7.89. The number of aliphatic carboxylic acids is 1. The molecule has 2 rings (SSSR count). The van der Waals surface area contributed by atoms with Gasteiger partial charge in [-0.3, -0.25) is 4.79 Å². The highest BCUT2D eigenvalue weighted by Gasteiger charge is 2.38. The smallest absolute Gasteiger partial charge is 0.307 e. The zero-order chi connectivity index (χ0) is 13.2. The lowest BCUT2D eigenvalue weighted by Crippen LogP contribution is -2.43. The minimum Gasteiger partial charge on any atom is -0.481 e. The quantitative estimate of drug-likeness (QED) is 0.815. The van der Waals surface area contributed by atoms with Crippen molar-refractivity contribution in [1.29, 1.82) is 0 Å². The van der Waals surface area contributed by atoms with Crippen LogP contribution in [0.2, 0.25) is 0 Å². The first-order valence-electron chi connectivity index (χ1n) is 6.50. The lowest BCUT2D eigenvalue weighted by atomic mass is 10.1. The molecule has 0 amide bonds. The average Bonchev–Trinajstić information content (AvgIpc) is 2.66. The number of carboxylic acid groups (broad SMARTS) is 1. The fraction of sp³-hybridized carbons (Fsp3) is 0.909. The molecule has 1 atom stereocenters. The number of hydrogen-bond donors (Lipinski definition) is 1. The van der Waals surface area contributed by atoms with Crippen LogP contribution in [-0.4, -0.2) is 54.3 Å². The molecule has 7 heteroatoms. The van der Waals surface area contributed by atoms with E-state index in [0.717, 1.165) is 25.7 Å². The molecule has 18 heavy (non-hydrogen) atoms. The molecule has 0 saturated carbocycles. The molecule has 104 valence electrons. The Labute approximate surface area is 108 Å². The van der Waals surface area contributed by atoms with Crippen LogP contribution in [0.1, 0.15) is 32.1 Å². The van der Waals surface area contributed by atoms with E-state index >= 15 is 0 Å². The summed E-state index contributed by atoms with van der Waals surface area (Å²) in [6, 6.07) is 0. The van der Waals surface area contributed by atoms with Crippen molar-refractivity contribution in [1.82, 2.24) is 8.61 Å². The van der Waals surface area contributed by atoms with E-state index in [1.807, 2.05) is 0 Å². The van der Waals surface area contributed by atoms with E-state index in [4.69, 9.17) is 5.11 Å². The predicted octanol–water partition coefficient (Wildman–Crippen LogP) is 0.514. The summed E-state index contributed by atoms with van der Waals surface area (Å²) in [7, 11) is -3.45. The molecule has 1 N–H and O–H groups in total. The van der Waals surface area contributed by atoms with Crippen LogP contribution >= 0.6 is 0 Å². The Morgan fingerprint density at radius 3 is 2.11 bits per heavy atom. The summed E-state index contributed by atoms with van der Waals surface area (Å²) >= 11 is 0. The summed E-state index contributed by atoms with van der Waals surface area (Å²) in [4.78, 5) is 10.9. The van der Waals surface area contributed by atoms with Gasteiger partial charge in [-0.05, 0) is 19.3 Å². The third kappa shape index (κ3) is 2.84. The minimum atomic E-state index is -3.45. The van der Waals surface area contributed by atoms with Crippen LogP contribution in [0.4, 0.5) is 0 Å². The van der Waals surface area contributed by atoms with Gasteiger partial charge in [-0.15, -0.1) is 0 Å². The van der Waals surface area contributed by atoms with Gasteiger partial charge in [-0.2, -0.15) is 17.0 Å². The Morgan fingerprint density at radius 2 is 1.61 bits per heavy atom. The fourth-order valence-electron chi connectivity index (χ4n) is 2.58. The van der Waals surface area contributed by atoms with Gasteiger partial charge in [0.05, 0.1) is 5.92 Å². The molecule has 2 aliphatic rings. The van der Waals surface area contributed by atoms with Gasteiger partial charge in [0.25, 0.3) is 10.2 Å². The largest absolute Gasteiger partial charge is 0.481 e. The Hall–Kier alpha value is -0.660. The van der Waals surface area contributed by atoms with Crippen molar-refractivity contribution < 1.29 is 18.3 Å². The maximum Gasteiger partial charge on any atom is 0.307 e. The number of hydrogen-bond acceptors (Lipinski definition) is 3.